The molecule has 2 N–H and O–H groups in total. The van der Waals surface area contributed by atoms with E-state index in [-0.39, 0.29) is 36.9 Å². The van der Waals surface area contributed by atoms with Gasteiger partial charge in [0.2, 0.25) is 11.8 Å². The van der Waals surface area contributed by atoms with Crippen molar-refractivity contribution >= 4 is 23.2 Å². The predicted octanol–water partition coefficient (Wildman–Crippen LogP) is 4.55. The van der Waals surface area contributed by atoms with Crippen molar-refractivity contribution in [1.82, 2.24) is 0 Å². The van der Waals surface area contributed by atoms with Crippen LogP contribution in [0.15, 0.2) is 48.5 Å². The highest BCUT2D eigenvalue weighted by atomic mass is 16.5. The number of amides is 2. The Morgan fingerprint density at radius 1 is 0.714 bits per heavy atom. The summed E-state index contributed by atoms with van der Waals surface area (Å²) < 4.78 is 22.6. The van der Waals surface area contributed by atoms with Crippen molar-refractivity contribution in [3.63, 3.8) is 0 Å². The maximum atomic E-state index is 12.2. The molecule has 2 atom stereocenters. The molecule has 0 radical (unpaired) electrons. The molecule has 0 bridgehead atoms. The Balaban J connectivity index is 1.09. The van der Waals surface area contributed by atoms with E-state index in [9.17, 15) is 9.59 Å². The Morgan fingerprint density at radius 2 is 1.14 bits per heavy atom. The maximum Gasteiger partial charge on any atom is 0.224 e. The minimum absolute atomic E-state index is 0.126. The molecule has 2 saturated heterocycles. The van der Waals surface area contributed by atoms with Crippen LogP contribution in [0, 0.1) is 0 Å². The SMILES string of the molecule is O=C(CCCC(=O)Nc1ccc(OCC2CCCO2)cc1)Nc1ccc(OCC2CCCO2)cc1. The zero-order valence-electron chi connectivity index (χ0n) is 20.0. The first-order valence-corrected chi connectivity index (χ1v) is 12.4. The van der Waals surface area contributed by atoms with Gasteiger partial charge in [0.25, 0.3) is 0 Å². The van der Waals surface area contributed by atoms with Crippen molar-refractivity contribution in [2.75, 3.05) is 37.1 Å². The molecule has 2 aromatic rings. The first kappa shape index (κ1) is 25.0. The van der Waals surface area contributed by atoms with Gasteiger partial charge in [0, 0.05) is 37.4 Å². The molecular formula is C27H34N2O6. The van der Waals surface area contributed by atoms with Gasteiger partial charge < -0.3 is 29.6 Å². The summed E-state index contributed by atoms with van der Waals surface area (Å²) in [5.41, 5.74) is 1.40. The summed E-state index contributed by atoms with van der Waals surface area (Å²) in [5, 5.41) is 5.71. The van der Waals surface area contributed by atoms with Crippen LogP contribution in [0.4, 0.5) is 11.4 Å². The van der Waals surface area contributed by atoms with E-state index in [1.54, 1.807) is 0 Å². The lowest BCUT2D eigenvalue weighted by molar-refractivity contribution is -0.117. The minimum atomic E-state index is -0.126. The van der Waals surface area contributed by atoms with Crippen LogP contribution >= 0.6 is 0 Å². The fourth-order valence-electron chi connectivity index (χ4n) is 4.06. The van der Waals surface area contributed by atoms with E-state index in [1.165, 1.54) is 0 Å². The van der Waals surface area contributed by atoms with Gasteiger partial charge in [0.15, 0.2) is 0 Å². The summed E-state index contributed by atoms with van der Waals surface area (Å²) in [6.07, 6.45) is 5.56. The molecule has 2 aliphatic rings. The van der Waals surface area contributed by atoms with E-state index in [2.05, 4.69) is 10.6 Å². The van der Waals surface area contributed by atoms with Crippen LogP contribution in [-0.4, -0.2) is 50.4 Å². The zero-order chi connectivity index (χ0) is 24.3. The summed E-state index contributed by atoms with van der Waals surface area (Å²) in [4.78, 5) is 24.4. The molecule has 0 aromatic heterocycles. The summed E-state index contributed by atoms with van der Waals surface area (Å²) in [6, 6.07) is 14.6. The minimum Gasteiger partial charge on any atom is -0.491 e. The highest BCUT2D eigenvalue weighted by Crippen LogP contribution is 2.20. The number of carbonyl (C=O) groups is 2. The van der Waals surface area contributed by atoms with Gasteiger partial charge in [-0.05, 0) is 80.6 Å². The molecule has 4 rings (SSSR count). The molecular weight excluding hydrogens is 448 g/mol. The average Bonchev–Trinajstić information content (AvgIpc) is 3.58. The fourth-order valence-corrected chi connectivity index (χ4v) is 4.06. The second-order valence-electron chi connectivity index (χ2n) is 8.89. The van der Waals surface area contributed by atoms with Gasteiger partial charge in [-0.25, -0.2) is 0 Å². The molecule has 2 fully saturated rings. The van der Waals surface area contributed by atoms with Crippen molar-refractivity contribution in [3.05, 3.63) is 48.5 Å². The van der Waals surface area contributed by atoms with Crippen molar-refractivity contribution in [1.29, 1.82) is 0 Å². The zero-order valence-corrected chi connectivity index (χ0v) is 20.0. The number of hydrogen-bond donors (Lipinski definition) is 2. The second-order valence-corrected chi connectivity index (χ2v) is 8.89. The van der Waals surface area contributed by atoms with E-state index in [0.717, 1.165) is 50.4 Å². The van der Waals surface area contributed by atoms with E-state index >= 15 is 0 Å². The van der Waals surface area contributed by atoms with Crippen LogP contribution in [-0.2, 0) is 19.1 Å². The molecule has 0 spiro atoms. The van der Waals surface area contributed by atoms with Crippen LogP contribution in [0.5, 0.6) is 11.5 Å². The first-order valence-electron chi connectivity index (χ1n) is 12.4. The third kappa shape index (κ3) is 8.56. The van der Waals surface area contributed by atoms with Gasteiger partial charge >= 0.3 is 0 Å². The lowest BCUT2D eigenvalue weighted by Crippen LogP contribution is -2.16. The number of ether oxygens (including phenoxy) is 4. The Bertz CT molecular complexity index is 858. The number of hydrogen-bond acceptors (Lipinski definition) is 6. The van der Waals surface area contributed by atoms with Crippen LogP contribution in [0.25, 0.3) is 0 Å². The Hall–Kier alpha value is -3.10. The quantitative estimate of drug-likeness (QED) is 0.461. The molecule has 2 aliphatic heterocycles. The lowest BCUT2D eigenvalue weighted by atomic mass is 10.2. The number of anilines is 2. The van der Waals surface area contributed by atoms with Crippen LogP contribution in [0.2, 0.25) is 0 Å². The van der Waals surface area contributed by atoms with Gasteiger partial charge in [0.1, 0.15) is 24.7 Å². The number of benzene rings is 2. The van der Waals surface area contributed by atoms with E-state index in [4.69, 9.17) is 18.9 Å². The summed E-state index contributed by atoms with van der Waals surface area (Å²) in [6.45, 7) is 2.70. The smallest absolute Gasteiger partial charge is 0.224 e. The number of carbonyl (C=O) groups excluding carboxylic acids is 2. The van der Waals surface area contributed by atoms with Gasteiger partial charge in [0.05, 0.1) is 12.2 Å². The summed E-state index contributed by atoms with van der Waals surface area (Å²) in [5.74, 6) is 1.24. The van der Waals surface area contributed by atoms with Gasteiger partial charge in [-0.3, -0.25) is 9.59 Å². The second kappa shape index (κ2) is 13.1. The van der Waals surface area contributed by atoms with Crippen LogP contribution in [0.3, 0.4) is 0 Å². The van der Waals surface area contributed by atoms with Gasteiger partial charge in [-0.15, -0.1) is 0 Å². The largest absolute Gasteiger partial charge is 0.491 e. The topological polar surface area (TPSA) is 95.1 Å². The normalized spacial score (nSPS) is 19.3. The monoisotopic (exact) mass is 482 g/mol. The molecule has 2 unspecified atom stereocenters. The van der Waals surface area contributed by atoms with Gasteiger partial charge in [-0.2, -0.15) is 0 Å². The third-order valence-corrected chi connectivity index (χ3v) is 6.00. The average molecular weight is 483 g/mol. The van der Waals surface area contributed by atoms with Crippen molar-refractivity contribution in [2.45, 2.75) is 57.2 Å². The first-order chi connectivity index (χ1) is 17.1. The third-order valence-electron chi connectivity index (χ3n) is 6.00. The molecule has 2 amide bonds. The standard InChI is InChI=1S/C27H34N2O6/c30-26(28-20-8-12-22(13-9-20)34-18-24-4-2-16-32-24)6-1-7-27(31)29-21-10-14-23(15-11-21)35-19-25-5-3-17-33-25/h8-15,24-25H,1-7,16-19H2,(H,28,30)(H,29,31). The number of rotatable bonds is 12. The van der Waals surface area contributed by atoms with E-state index in [1.807, 2.05) is 48.5 Å². The van der Waals surface area contributed by atoms with E-state index < -0.39 is 0 Å². The van der Waals surface area contributed by atoms with Crippen molar-refractivity contribution < 1.29 is 28.5 Å². The Labute approximate surface area is 206 Å². The number of nitrogens with one attached hydrogen (secondary N) is 2. The molecule has 35 heavy (non-hydrogen) atoms. The molecule has 188 valence electrons. The molecule has 2 heterocycles. The Morgan fingerprint density at radius 3 is 1.51 bits per heavy atom. The lowest BCUT2D eigenvalue weighted by Gasteiger charge is -2.12. The summed E-state index contributed by atoms with van der Waals surface area (Å²) >= 11 is 0. The highest BCUT2D eigenvalue weighted by Gasteiger charge is 2.17. The van der Waals surface area contributed by atoms with Gasteiger partial charge in [-0.1, -0.05) is 0 Å². The molecule has 8 heteroatoms. The van der Waals surface area contributed by atoms with Crippen LogP contribution < -0.4 is 20.1 Å². The predicted molar refractivity (Wildman–Crippen MR) is 133 cm³/mol. The Kier molecular flexibility index (Phi) is 9.37. The molecule has 0 aliphatic carbocycles. The summed E-state index contributed by atoms with van der Waals surface area (Å²) in [7, 11) is 0. The van der Waals surface area contributed by atoms with Crippen LogP contribution in [0.1, 0.15) is 44.9 Å². The molecule has 8 nitrogen and oxygen atoms in total. The maximum absolute atomic E-state index is 12.2. The van der Waals surface area contributed by atoms with Crippen molar-refractivity contribution in [2.24, 2.45) is 0 Å². The van der Waals surface area contributed by atoms with E-state index in [0.29, 0.717) is 31.0 Å². The molecule has 0 saturated carbocycles. The highest BCUT2D eigenvalue weighted by molar-refractivity contribution is 5.93. The molecule has 2 aromatic carbocycles. The fraction of sp³-hybridized carbons (Fsp3) is 0.481. The van der Waals surface area contributed by atoms with Crippen molar-refractivity contribution in [3.8, 4) is 11.5 Å².